The fraction of sp³-hybridized carbons (Fsp3) is 0.400. The molecule has 2 atom stereocenters. The van der Waals surface area contributed by atoms with Crippen LogP contribution in [0.15, 0.2) is 30.7 Å². The van der Waals surface area contributed by atoms with Crippen molar-refractivity contribution in [1.82, 2.24) is 20.2 Å². The lowest BCUT2D eigenvalue weighted by molar-refractivity contribution is -0.145. The quantitative estimate of drug-likeness (QED) is 0.630. The summed E-state index contributed by atoms with van der Waals surface area (Å²) in [6.07, 6.45) is 3.71. The van der Waals surface area contributed by atoms with Gasteiger partial charge in [-0.2, -0.15) is 0 Å². The average Bonchev–Trinajstić information content (AvgIpc) is 3.35. The number of hydrogen-bond donors (Lipinski definition) is 2. The summed E-state index contributed by atoms with van der Waals surface area (Å²) >= 11 is 0. The second-order valence-electron chi connectivity index (χ2n) is 7.06. The van der Waals surface area contributed by atoms with Gasteiger partial charge in [-0.25, -0.2) is 18.6 Å². The second kappa shape index (κ2) is 9.47. The molecule has 1 aromatic carbocycles. The second-order valence-corrected chi connectivity index (χ2v) is 7.06. The molecule has 2 aromatic rings. The van der Waals surface area contributed by atoms with Crippen molar-refractivity contribution < 1.29 is 27.9 Å². The van der Waals surface area contributed by atoms with Crippen LogP contribution >= 0.6 is 0 Å². The minimum atomic E-state index is -1.01. The standard InChI is InChI=1S/C20H22F2N4O4/c1-30-20(29)16(7-13-9-23-11-24-13)25-17(27)8-14-5-6-18(28)26(14)10-12-3-2-4-15(21)19(12)22/h2-4,9,11,14,16H,5-8,10H2,1H3,(H,23,24)(H,25,27)/t14-,16+/m1/s1. The van der Waals surface area contributed by atoms with Crippen molar-refractivity contribution in [3.8, 4) is 0 Å². The molecule has 8 nitrogen and oxygen atoms in total. The van der Waals surface area contributed by atoms with E-state index in [0.717, 1.165) is 6.07 Å². The number of imidazole rings is 1. The van der Waals surface area contributed by atoms with Crippen molar-refractivity contribution in [1.29, 1.82) is 0 Å². The van der Waals surface area contributed by atoms with E-state index in [1.807, 2.05) is 0 Å². The Balaban J connectivity index is 1.65. The lowest BCUT2D eigenvalue weighted by atomic mass is 10.1. The minimum Gasteiger partial charge on any atom is -0.467 e. The maximum absolute atomic E-state index is 14.0. The summed E-state index contributed by atoms with van der Waals surface area (Å²) < 4.78 is 32.2. The van der Waals surface area contributed by atoms with E-state index in [0.29, 0.717) is 12.1 Å². The Labute approximate surface area is 171 Å². The SMILES string of the molecule is COC(=O)[C@H](Cc1cnc[nH]1)NC(=O)C[C@H]1CCC(=O)N1Cc1cccc(F)c1F. The lowest BCUT2D eigenvalue weighted by Gasteiger charge is -2.25. The average molecular weight is 420 g/mol. The Kier molecular flexibility index (Phi) is 6.76. The fourth-order valence-corrected chi connectivity index (χ4v) is 3.50. The van der Waals surface area contributed by atoms with Crippen LogP contribution in [0.25, 0.3) is 0 Å². The molecule has 1 aliphatic rings. The first kappa shape index (κ1) is 21.4. The van der Waals surface area contributed by atoms with Crippen molar-refractivity contribution in [3.05, 3.63) is 53.6 Å². The molecule has 1 saturated heterocycles. The molecule has 10 heteroatoms. The number of rotatable bonds is 8. The van der Waals surface area contributed by atoms with Gasteiger partial charge in [-0.3, -0.25) is 9.59 Å². The van der Waals surface area contributed by atoms with Gasteiger partial charge in [0.1, 0.15) is 6.04 Å². The van der Waals surface area contributed by atoms with Gasteiger partial charge in [-0.1, -0.05) is 12.1 Å². The number of benzene rings is 1. The van der Waals surface area contributed by atoms with Gasteiger partial charge in [0.25, 0.3) is 0 Å². The topological polar surface area (TPSA) is 104 Å². The van der Waals surface area contributed by atoms with Crippen LogP contribution in [0.2, 0.25) is 0 Å². The Morgan fingerprint density at radius 3 is 2.90 bits per heavy atom. The predicted octanol–water partition coefficient (Wildman–Crippen LogP) is 1.47. The zero-order valence-corrected chi connectivity index (χ0v) is 16.4. The van der Waals surface area contributed by atoms with Gasteiger partial charge in [-0.05, 0) is 12.5 Å². The first-order valence-corrected chi connectivity index (χ1v) is 9.45. The Morgan fingerprint density at radius 2 is 2.20 bits per heavy atom. The number of nitrogens with zero attached hydrogens (tertiary/aromatic N) is 2. The summed E-state index contributed by atoms with van der Waals surface area (Å²) in [6, 6.07) is 2.37. The normalized spacial score (nSPS) is 17.1. The molecule has 0 aliphatic carbocycles. The monoisotopic (exact) mass is 420 g/mol. The summed E-state index contributed by atoms with van der Waals surface area (Å²) in [6.45, 7) is -0.130. The van der Waals surface area contributed by atoms with E-state index in [9.17, 15) is 23.2 Å². The van der Waals surface area contributed by atoms with Crippen LogP contribution in [0.1, 0.15) is 30.5 Å². The number of halogens is 2. The third kappa shape index (κ3) is 5.00. The fourth-order valence-electron chi connectivity index (χ4n) is 3.50. The summed E-state index contributed by atoms with van der Waals surface area (Å²) in [5, 5.41) is 2.62. The van der Waals surface area contributed by atoms with Crippen molar-refractivity contribution in [2.75, 3.05) is 7.11 Å². The Bertz CT molecular complexity index is 920. The Morgan fingerprint density at radius 1 is 1.40 bits per heavy atom. The summed E-state index contributed by atoms with van der Waals surface area (Å²) in [5.41, 5.74) is 0.687. The van der Waals surface area contributed by atoms with Gasteiger partial charge in [-0.15, -0.1) is 0 Å². The zero-order chi connectivity index (χ0) is 21.7. The van der Waals surface area contributed by atoms with Crippen molar-refractivity contribution in [3.63, 3.8) is 0 Å². The van der Waals surface area contributed by atoms with Crippen LogP contribution in [0.3, 0.4) is 0 Å². The van der Waals surface area contributed by atoms with Crippen LogP contribution < -0.4 is 5.32 Å². The largest absolute Gasteiger partial charge is 0.467 e. The van der Waals surface area contributed by atoms with Crippen LogP contribution in [-0.4, -0.2) is 51.8 Å². The molecule has 1 aromatic heterocycles. The van der Waals surface area contributed by atoms with E-state index in [1.54, 1.807) is 0 Å². The highest BCUT2D eigenvalue weighted by atomic mass is 19.2. The predicted molar refractivity (Wildman–Crippen MR) is 101 cm³/mol. The molecule has 0 unspecified atom stereocenters. The molecule has 2 heterocycles. The third-order valence-electron chi connectivity index (χ3n) is 5.05. The summed E-state index contributed by atoms with van der Waals surface area (Å²) in [4.78, 5) is 44.9. The first-order valence-electron chi connectivity index (χ1n) is 9.45. The molecular weight excluding hydrogens is 398 g/mol. The number of aromatic amines is 1. The molecule has 2 N–H and O–H groups in total. The number of esters is 1. The molecule has 0 bridgehead atoms. The number of aromatic nitrogens is 2. The van der Waals surface area contributed by atoms with Crippen molar-refractivity contribution in [2.45, 2.75) is 44.3 Å². The molecule has 160 valence electrons. The van der Waals surface area contributed by atoms with E-state index in [2.05, 4.69) is 15.3 Å². The van der Waals surface area contributed by atoms with Gasteiger partial charge in [0, 0.05) is 49.3 Å². The number of hydrogen-bond acceptors (Lipinski definition) is 5. The van der Waals surface area contributed by atoms with Gasteiger partial charge < -0.3 is 19.9 Å². The summed E-state index contributed by atoms with van der Waals surface area (Å²) in [5.74, 6) is -3.30. The third-order valence-corrected chi connectivity index (χ3v) is 5.05. The van der Waals surface area contributed by atoms with Gasteiger partial charge in [0.15, 0.2) is 11.6 Å². The molecule has 1 fully saturated rings. The van der Waals surface area contributed by atoms with Crippen LogP contribution in [-0.2, 0) is 32.1 Å². The molecule has 0 radical (unpaired) electrons. The minimum absolute atomic E-state index is 0.0438. The maximum atomic E-state index is 14.0. The van der Waals surface area contributed by atoms with Gasteiger partial charge >= 0.3 is 5.97 Å². The molecule has 1 aliphatic heterocycles. The van der Waals surface area contributed by atoms with Gasteiger partial charge in [0.2, 0.25) is 11.8 Å². The highest BCUT2D eigenvalue weighted by molar-refractivity contribution is 5.86. The first-order chi connectivity index (χ1) is 14.4. The van der Waals surface area contributed by atoms with E-state index in [4.69, 9.17) is 4.74 Å². The van der Waals surface area contributed by atoms with E-state index in [-0.39, 0.29) is 37.3 Å². The van der Waals surface area contributed by atoms with Crippen LogP contribution in [0.5, 0.6) is 0 Å². The molecule has 0 saturated carbocycles. The van der Waals surface area contributed by atoms with Crippen molar-refractivity contribution in [2.24, 2.45) is 0 Å². The molecule has 30 heavy (non-hydrogen) atoms. The maximum Gasteiger partial charge on any atom is 0.328 e. The number of nitrogens with one attached hydrogen (secondary N) is 2. The van der Waals surface area contributed by atoms with E-state index in [1.165, 1.54) is 36.7 Å². The van der Waals surface area contributed by atoms with E-state index >= 15 is 0 Å². The van der Waals surface area contributed by atoms with Crippen LogP contribution in [0, 0.1) is 11.6 Å². The molecule has 2 amide bonds. The number of methoxy groups -OCH3 is 1. The molecule has 0 spiro atoms. The number of ether oxygens (including phenoxy) is 1. The summed E-state index contributed by atoms with van der Waals surface area (Å²) in [7, 11) is 1.22. The molecular formula is C20H22F2N4O4. The van der Waals surface area contributed by atoms with Gasteiger partial charge in [0.05, 0.1) is 13.4 Å². The van der Waals surface area contributed by atoms with Crippen LogP contribution in [0.4, 0.5) is 8.78 Å². The lowest BCUT2D eigenvalue weighted by Crippen LogP contribution is -2.45. The van der Waals surface area contributed by atoms with Crippen molar-refractivity contribution >= 4 is 17.8 Å². The highest BCUT2D eigenvalue weighted by Crippen LogP contribution is 2.25. The Hall–Kier alpha value is -3.30. The number of likely N-dealkylation sites (tertiary alicyclic amines) is 1. The number of carbonyl (C=O) groups excluding carboxylic acids is 3. The highest BCUT2D eigenvalue weighted by Gasteiger charge is 2.34. The smallest absolute Gasteiger partial charge is 0.328 e. The van der Waals surface area contributed by atoms with E-state index < -0.39 is 35.6 Å². The zero-order valence-electron chi connectivity index (χ0n) is 16.4. The number of carbonyl (C=O) groups is 3. The number of amides is 2. The number of H-pyrrole nitrogens is 1. The molecule has 3 rings (SSSR count).